The monoisotopic (exact) mass is 324 g/mol. The molecule has 1 aliphatic heterocycles. The molecular formula is C20H28N4. The van der Waals surface area contributed by atoms with Crippen LogP contribution in [-0.2, 0) is 6.54 Å². The summed E-state index contributed by atoms with van der Waals surface area (Å²) in [7, 11) is 0. The van der Waals surface area contributed by atoms with E-state index in [0.29, 0.717) is 6.04 Å². The van der Waals surface area contributed by atoms with Crippen molar-refractivity contribution in [3.05, 3.63) is 47.7 Å². The van der Waals surface area contributed by atoms with Crippen LogP contribution in [0.25, 0.3) is 0 Å². The molecule has 1 saturated heterocycles. The Kier molecular flexibility index (Phi) is 5.34. The largest absolute Gasteiger partial charge is 0.350 e. The minimum absolute atomic E-state index is 0.383. The first kappa shape index (κ1) is 16.7. The van der Waals surface area contributed by atoms with Gasteiger partial charge in [0.2, 0.25) is 5.95 Å². The van der Waals surface area contributed by atoms with Crippen molar-refractivity contribution in [3.8, 4) is 0 Å². The van der Waals surface area contributed by atoms with E-state index in [0.717, 1.165) is 37.1 Å². The first-order valence-corrected chi connectivity index (χ1v) is 9.04. The number of nitrogens with zero attached hydrogens (tertiary/aromatic N) is 4. The first-order chi connectivity index (χ1) is 11.6. The second kappa shape index (κ2) is 7.65. The zero-order valence-corrected chi connectivity index (χ0v) is 15.1. The molecule has 24 heavy (non-hydrogen) atoms. The van der Waals surface area contributed by atoms with Crippen LogP contribution in [0.2, 0.25) is 0 Å². The summed E-state index contributed by atoms with van der Waals surface area (Å²) in [6, 6.07) is 13.1. The predicted molar refractivity (Wildman–Crippen MR) is 101 cm³/mol. The fourth-order valence-electron chi connectivity index (χ4n) is 3.23. The maximum Gasteiger partial charge on any atom is 0.227 e. The van der Waals surface area contributed by atoms with Crippen LogP contribution in [0.4, 0.5) is 11.8 Å². The molecule has 2 aromatic rings. The summed E-state index contributed by atoms with van der Waals surface area (Å²) in [5.74, 6) is 1.92. The van der Waals surface area contributed by atoms with Crippen molar-refractivity contribution in [2.75, 3.05) is 22.9 Å². The minimum atomic E-state index is 0.383. The summed E-state index contributed by atoms with van der Waals surface area (Å²) in [5, 5.41) is 0. The highest BCUT2D eigenvalue weighted by atomic mass is 15.3. The predicted octanol–water partition coefficient (Wildman–Crippen LogP) is 4.19. The Morgan fingerprint density at radius 3 is 2.42 bits per heavy atom. The van der Waals surface area contributed by atoms with Gasteiger partial charge < -0.3 is 9.80 Å². The Morgan fingerprint density at radius 2 is 1.75 bits per heavy atom. The number of aromatic nitrogens is 2. The van der Waals surface area contributed by atoms with Crippen LogP contribution in [0, 0.1) is 6.92 Å². The molecule has 0 aliphatic carbocycles. The second-order valence-corrected chi connectivity index (χ2v) is 6.92. The van der Waals surface area contributed by atoms with Crippen LogP contribution in [-0.4, -0.2) is 29.1 Å². The highest BCUT2D eigenvalue weighted by Gasteiger charge is 2.18. The van der Waals surface area contributed by atoms with E-state index in [2.05, 4.69) is 67.0 Å². The van der Waals surface area contributed by atoms with Gasteiger partial charge in [-0.1, -0.05) is 30.3 Å². The summed E-state index contributed by atoms with van der Waals surface area (Å²) < 4.78 is 0. The molecule has 3 rings (SSSR count). The number of hydrogen-bond donors (Lipinski definition) is 0. The molecule has 0 bridgehead atoms. The van der Waals surface area contributed by atoms with Gasteiger partial charge >= 0.3 is 0 Å². The number of piperidine rings is 1. The van der Waals surface area contributed by atoms with Gasteiger partial charge in [0.05, 0.1) is 0 Å². The molecule has 0 N–H and O–H groups in total. The Balaban J connectivity index is 1.88. The molecule has 0 radical (unpaired) electrons. The van der Waals surface area contributed by atoms with Gasteiger partial charge in [0, 0.05) is 37.4 Å². The lowest BCUT2D eigenvalue weighted by molar-refractivity contribution is 0.566. The van der Waals surface area contributed by atoms with Gasteiger partial charge in [-0.2, -0.15) is 4.98 Å². The molecule has 0 amide bonds. The Labute approximate surface area is 145 Å². The van der Waals surface area contributed by atoms with E-state index in [9.17, 15) is 0 Å². The van der Waals surface area contributed by atoms with Crippen LogP contribution in [0.3, 0.4) is 0 Å². The summed E-state index contributed by atoms with van der Waals surface area (Å²) in [4.78, 5) is 14.3. The van der Waals surface area contributed by atoms with Crippen LogP contribution < -0.4 is 9.80 Å². The van der Waals surface area contributed by atoms with E-state index in [1.54, 1.807) is 0 Å². The molecule has 0 saturated carbocycles. The van der Waals surface area contributed by atoms with Crippen molar-refractivity contribution in [2.24, 2.45) is 0 Å². The molecular weight excluding hydrogens is 296 g/mol. The zero-order chi connectivity index (χ0) is 16.9. The first-order valence-electron chi connectivity index (χ1n) is 9.04. The maximum atomic E-state index is 4.92. The van der Waals surface area contributed by atoms with Gasteiger partial charge in [-0.05, 0) is 45.6 Å². The van der Waals surface area contributed by atoms with Crippen molar-refractivity contribution in [2.45, 2.75) is 52.6 Å². The number of hydrogen-bond acceptors (Lipinski definition) is 4. The summed E-state index contributed by atoms with van der Waals surface area (Å²) in [5.41, 5.74) is 2.35. The Bertz CT molecular complexity index is 648. The fraction of sp³-hybridized carbons (Fsp3) is 0.500. The number of rotatable bonds is 5. The number of benzene rings is 1. The highest BCUT2D eigenvalue weighted by Crippen LogP contribution is 2.23. The number of aryl methyl sites for hydroxylation is 1. The lowest BCUT2D eigenvalue weighted by Crippen LogP contribution is -2.34. The van der Waals surface area contributed by atoms with Crippen molar-refractivity contribution < 1.29 is 0 Å². The smallest absolute Gasteiger partial charge is 0.227 e. The van der Waals surface area contributed by atoms with Crippen LogP contribution in [0.5, 0.6) is 0 Å². The SMILES string of the molecule is Cc1cc(N(Cc2ccccc2)C(C)C)nc(N2CCCCC2)n1. The van der Waals surface area contributed by atoms with E-state index in [-0.39, 0.29) is 0 Å². The average Bonchev–Trinajstić information content (AvgIpc) is 2.60. The zero-order valence-electron chi connectivity index (χ0n) is 15.1. The Morgan fingerprint density at radius 1 is 1.04 bits per heavy atom. The normalized spacial score (nSPS) is 14.9. The minimum Gasteiger partial charge on any atom is -0.350 e. The maximum absolute atomic E-state index is 4.92. The van der Waals surface area contributed by atoms with E-state index in [1.807, 2.05) is 0 Å². The van der Waals surface area contributed by atoms with Crippen molar-refractivity contribution in [1.82, 2.24) is 9.97 Å². The molecule has 0 unspecified atom stereocenters. The van der Waals surface area contributed by atoms with Crippen LogP contribution in [0.1, 0.15) is 44.4 Å². The summed E-state index contributed by atoms with van der Waals surface area (Å²) in [6.07, 6.45) is 3.80. The van der Waals surface area contributed by atoms with Crippen molar-refractivity contribution in [1.29, 1.82) is 0 Å². The molecule has 1 aliphatic rings. The quantitative estimate of drug-likeness (QED) is 0.825. The molecule has 4 heteroatoms. The lowest BCUT2D eigenvalue weighted by Gasteiger charge is -2.31. The Hall–Kier alpha value is -2.10. The molecule has 0 atom stereocenters. The van der Waals surface area contributed by atoms with E-state index >= 15 is 0 Å². The average molecular weight is 324 g/mol. The van der Waals surface area contributed by atoms with Gasteiger partial charge in [-0.15, -0.1) is 0 Å². The standard InChI is InChI=1S/C20H28N4/c1-16(2)24(15-18-10-6-4-7-11-18)19-14-17(3)21-20(22-19)23-12-8-5-9-13-23/h4,6-7,10-11,14,16H,5,8-9,12-13,15H2,1-3H3. The van der Waals surface area contributed by atoms with Crippen molar-refractivity contribution in [3.63, 3.8) is 0 Å². The highest BCUT2D eigenvalue weighted by molar-refractivity contribution is 5.47. The van der Waals surface area contributed by atoms with E-state index in [4.69, 9.17) is 9.97 Å². The second-order valence-electron chi connectivity index (χ2n) is 6.92. The lowest BCUT2D eigenvalue weighted by atomic mass is 10.1. The third-order valence-corrected chi connectivity index (χ3v) is 4.58. The summed E-state index contributed by atoms with van der Waals surface area (Å²) >= 11 is 0. The third kappa shape index (κ3) is 4.05. The van der Waals surface area contributed by atoms with Crippen molar-refractivity contribution >= 4 is 11.8 Å². The van der Waals surface area contributed by atoms with Gasteiger partial charge in [0.1, 0.15) is 5.82 Å². The van der Waals surface area contributed by atoms with E-state index < -0.39 is 0 Å². The molecule has 4 nitrogen and oxygen atoms in total. The molecule has 2 heterocycles. The molecule has 1 aromatic carbocycles. The topological polar surface area (TPSA) is 32.3 Å². The fourth-order valence-corrected chi connectivity index (χ4v) is 3.23. The van der Waals surface area contributed by atoms with Gasteiger partial charge in [-0.3, -0.25) is 0 Å². The summed E-state index contributed by atoms with van der Waals surface area (Å²) in [6.45, 7) is 9.53. The molecule has 1 fully saturated rings. The van der Waals surface area contributed by atoms with Gasteiger partial charge in [-0.25, -0.2) is 4.98 Å². The van der Waals surface area contributed by atoms with Gasteiger partial charge in [0.15, 0.2) is 0 Å². The van der Waals surface area contributed by atoms with E-state index in [1.165, 1.54) is 24.8 Å². The molecule has 0 spiro atoms. The van der Waals surface area contributed by atoms with Crippen LogP contribution >= 0.6 is 0 Å². The molecule has 1 aromatic heterocycles. The number of anilines is 2. The van der Waals surface area contributed by atoms with Gasteiger partial charge in [0.25, 0.3) is 0 Å². The molecule has 128 valence electrons. The third-order valence-electron chi connectivity index (χ3n) is 4.58. The van der Waals surface area contributed by atoms with Crippen LogP contribution in [0.15, 0.2) is 36.4 Å².